The molecule has 12 heavy (non-hydrogen) atoms. The summed E-state index contributed by atoms with van der Waals surface area (Å²) in [7, 11) is 0. The Morgan fingerprint density at radius 1 is 1.58 bits per heavy atom. The lowest BCUT2D eigenvalue weighted by atomic mass is 10.2. The molecule has 1 atom stereocenters. The van der Waals surface area contributed by atoms with Gasteiger partial charge in [-0.3, -0.25) is 0 Å². The molecule has 0 bridgehead atoms. The summed E-state index contributed by atoms with van der Waals surface area (Å²) in [6.45, 7) is 2.29. The smallest absolute Gasteiger partial charge is 0.320 e. The number of amides is 2. The molecule has 2 rings (SSSR count). The van der Waals surface area contributed by atoms with Gasteiger partial charge in [-0.05, 0) is 12.8 Å². The second-order valence-corrected chi connectivity index (χ2v) is 3.44. The van der Waals surface area contributed by atoms with Crippen LogP contribution in [0.4, 0.5) is 4.79 Å². The lowest BCUT2D eigenvalue weighted by molar-refractivity contribution is 0.180. The van der Waals surface area contributed by atoms with Gasteiger partial charge in [-0.15, -0.1) is 0 Å². The van der Waals surface area contributed by atoms with Gasteiger partial charge in [0.15, 0.2) is 0 Å². The van der Waals surface area contributed by atoms with Crippen molar-refractivity contribution in [2.75, 3.05) is 26.2 Å². The van der Waals surface area contributed by atoms with Crippen LogP contribution in [0.5, 0.6) is 0 Å². The number of hydrogen-bond donors (Lipinski definition) is 1. The van der Waals surface area contributed by atoms with Crippen LogP contribution in [0.15, 0.2) is 0 Å². The monoisotopic (exact) mass is 170 g/mol. The van der Waals surface area contributed by atoms with Crippen LogP contribution in [0.3, 0.4) is 0 Å². The fourth-order valence-corrected chi connectivity index (χ4v) is 2.10. The number of aliphatic hydroxyl groups is 1. The van der Waals surface area contributed by atoms with Gasteiger partial charge in [0.25, 0.3) is 0 Å². The molecule has 0 aliphatic carbocycles. The summed E-state index contributed by atoms with van der Waals surface area (Å²) in [6, 6.07) is 0.551. The maximum Gasteiger partial charge on any atom is 0.320 e. The third-order valence-corrected chi connectivity index (χ3v) is 2.69. The summed E-state index contributed by atoms with van der Waals surface area (Å²) in [5.74, 6) is 0. The predicted octanol–water partition coefficient (Wildman–Crippen LogP) is -0.121. The minimum Gasteiger partial charge on any atom is -0.395 e. The van der Waals surface area contributed by atoms with E-state index in [9.17, 15) is 4.79 Å². The van der Waals surface area contributed by atoms with E-state index in [2.05, 4.69) is 0 Å². The fraction of sp³-hybridized carbons (Fsp3) is 0.875. The number of carbonyl (C=O) groups is 1. The molecule has 4 nitrogen and oxygen atoms in total. The molecular formula is C8H14N2O2. The van der Waals surface area contributed by atoms with Crippen molar-refractivity contribution >= 4 is 6.03 Å². The Balaban J connectivity index is 2.01. The zero-order valence-electron chi connectivity index (χ0n) is 7.07. The topological polar surface area (TPSA) is 43.8 Å². The Morgan fingerprint density at radius 2 is 2.42 bits per heavy atom. The normalized spacial score (nSPS) is 28.4. The molecule has 2 heterocycles. The Kier molecular flexibility index (Phi) is 1.92. The maximum absolute atomic E-state index is 11.5. The molecule has 2 aliphatic heterocycles. The second kappa shape index (κ2) is 2.94. The minimum absolute atomic E-state index is 0.0757. The largest absolute Gasteiger partial charge is 0.395 e. The second-order valence-electron chi connectivity index (χ2n) is 3.44. The first-order valence-corrected chi connectivity index (χ1v) is 4.49. The van der Waals surface area contributed by atoms with Crippen LogP contribution in [0.2, 0.25) is 0 Å². The lowest BCUT2D eigenvalue weighted by Crippen LogP contribution is -2.33. The third-order valence-electron chi connectivity index (χ3n) is 2.69. The standard InChI is InChI=1S/C8H14N2O2/c11-5-4-9-6-7-2-1-3-10(7)8(9)12/h7,11H,1-6H2. The van der Waals surface area contributed by atoms with Gasteiger partial charge in [0.05, 0.1) is 12.6 Å². The average Bonchev–Trinajstić information content (AvgIpc) is 2.58. The Labute approximate surface area is 71.8 Å². The Bertz CT molecular complexity index is 195. The fourth-order valence-electron chi connectivity index (χ4n) is 2.10. The third kappa shape index (κ3) is 1.06. The highest BCUT2D eigenvalue weighted by Gasteiger charge is 2.39. The molecule has 2 aliphatic rings. The molecule has 1 N–H and O–H groups in total. The van der Waals surface area contributed by atoms with Gasteiger partial charge < -0.3 is 14.9 Å². The molecule has 0 aromatic heterocycles. The zero-order chi connectivity index (χ0) is 8.55. The van der Waals surface area contributed by atoms with Gasteiger partial charge in [-0.2, -0.15) is 0 Å². The number of hydrogen-bond acceptors (Lipinski definition) is 2. The number of urea groups is 1. The summed E-state index contributed by atoms with van der Waals surface area (Å²) >= 11 is 0. The van der Waals surface area contributed by atoms with E-state index in [-0.39, 0.29) is 12.6 Å². The molecule has 1 unspecified atom stereocenters. The highest BCUT2D eigenvalue weighted by atomic mass is 16.3. The number of rotatable bonds is 2. The summed E-state index contributed by atoms with van der Waals surface area (Å²) in [6.07, 6.45) is 2.27. The molecule has 2 amide bonds. The van der Waals surface area contributed by atoms with Crippen molar-refractivity contribution in [2.45, 2.75) is 18.9 Å². The van der Waals surface area contributed by atoms with Crippen molar-refractivity contribution in [3.05, 3.63) is 0 Å². The van der Waals surface area contributed by atoms with Crippen LogP contribution in [0.1, 0.15) is 12.8 Å². The molecular weight excluding hydrogens is 156 g/mol. The summed E-state index contributed by atoms with van der Waals surface area (Å²) < 4.78 is 0. The molecule has 0 spiro atoms. The van der Waals surface area contributed by atoms with E-state index < -0.39 is 0 Å². The van der Waals surface area contributed by atoms with Crippen molar-refractivity contribution in [1.29, 1.82) is 0 Å². The summed E-state index contributed by atoms with van der Waals surface area (Å²) in [5, 5.41) is 8.70. The van der Waals surface area contributed by atoms with Gasteiger partial charge in [0.2, 0.25) is 0 Å². The zero-order valence-corrected chi connectivity index (χ0v) is 7.07. The maximum atomic E-state index is 11.5. The van der Waals surface area contributed by atoms with Gasteiger partial charge in [0.1, 0.15) is 0 Å². The Morgan fingerprint density at radius 3 is 3.08 bits per heavy atom. The lowest BCUT2D eigenvalue weighted by Gasteiger charge is -2.15. The first-order chi connectivity index (χ1) is 5.83. The van der Waals surface area contributed by atoms with Crippen molar-refractivity contribution in [3.63, 3.8) is 0 Å². The highest BCUT2D eigenvalue weighted by Crippen LogP contribution is 2.25. The molecule has 2 fully saturated rings. The number of β-amino-alcohol motifs (C(OH)–C–C–N with tert-alkyl or cyclic N) is 1. The van der Waals surface area contributed by atoms with Crippen LogP contribution < -0.4 is 0 Å². The van der Waals surface area contributed by atoms with E-state index in [1.165, 1.54) is 0 Å². The van der Waals surface area contributed by atoms with E-state index >= 15 is 0 Å². The minimum atomic E-state index is 0.0757. The van der Waals surface area contributed by atoms with Gasteiger partial charge in [-0.25, -0.2) is 4.79 Å². The van der Waals surface area contributed by atoms with Crippen molar-refractivity contribution in [3.8, 4) is 0 Å². The molecule has 0 aromatic carbocycles. The molecule has 0 saturated carbocycles. The Hall–Kier alpha value is -0.770. The quantitative estimate of drug-likeness (QED) is 0.628. The van der Waals surface area contributed by atoms with Crippen molar-refractivity contribution < 1.29 is 9.90 Å². The highest BCUT2D eigenvalue weighted by molar-refractivity contribution is 5.77. The molecule has 2 saturated heterocycles. The predicted molar refractivity (Wildman–Crippen MR) is 43.8 cm³/mol. The number of carbonyl (C=O) groups excluding carboxylic acids is 1. The summed E-state index contributed by atoms with van der Waals surface area (Å²) in [4.78, 5) is 15.2. The van der Waals surface area contributed by atoms with E-state index in [4.69, 9.17) is 5.11 Å². The number of aliphatic hydroxyl groups excluding tert-OH is 1. The van der Waals surface area contributed by atoms with E-state index in [1.807, 2.05) is 4.90 Å². The van der Waals surface area contributed by atoms with Crippen LogP contribution >= 0.6 is 0 Å². The van der Waals surface area contributed by atoms with Crippen LogP contribution in [-0.2, 0) is 0 Å². The van der Waals surface area contributed by atoms with Crippen LogP contribution in [0.25, 0.3) is 0 Å². The number of fused-ring (bicyclic) bond motifs is 1. The first kappa shape index (κ1) is 7.86. The SMILES string of the molecule is O=C1N(CCO)CC2CCCN12. The van der Waals surface area contributed by atoms with E-state index in [1.54, 1.807) is 4.90 Å². The number of nitrogens with zero attached hydrogens (tertiary/aromatic N) is 2. The summed E-state index contributed by atoms with van der Waals surface area (Å²) in [5.41, 5.74) is 0. The molecule has 4 heteroatoms. The van der Waals surface area contributed by atoms with Gasteiger partial charge in [0, 0.05) is 19.6 Å². The molecule has 0 radical (unpaired) electrons. The van der Waals surface area contributed by atoms with Gasteiger partial charge >= 0.3 is 6.03 Å². The van der Waals surface area contributed by atoms with Crippen molar-refractivity contribution in [2.24, 2.45) is 0 Å². The molecule has 0 aromatic rings. The average molecular weight is 170 g/mol. The molecule has 68 valence electrons. The van der Waals surface area contributed by atoms with E-state index in [0.29, 0.717) is 12.6 Å². The van der Waals surface area contributed by atoms with Crippen molar-refractivity contribution in [1.82, 2.24) is 9.80 Å². The van der Waals surface area contributed by atoms with Crippen LogP contribution in [0, 0.1) is 0 Å². The van der Waals surface area contributed by atoms with Crippen LogP contribution in [-0.4, -0.2) is 53.2 Å². The van der Waals surface area contributed by atoms with Gasteiger partial charge in [-0.1, -0.05) is 0 Å². The van der Waals surface area contributed by atoms with E-state index in [0.717, 1.165) is 25.9 Å². The first-order valence-electron chi connectivity index (χ1n) is 4.49.